The van der Waals surface area contributed by atoms with E-state index >= 15 is 0 Å². The summed E-state index contributed by atoms with van der Waals surface area (Å²) >= 11 is 1.56. The Morgan fingerprint density at radius 3 is 2.20 bits per heavy atom. The Hall–Kier alpha value is -4.85. The van der Waals surface area contributed by atoms with Gasteiger partial charge in [-0.2, -0.15) is 0 Å². The minimum atomic E-state index is -1.26. The van der Waals surface area contributed by atoms with Crippen molar-refractivity contribution in [2.75, 3.05) is 59.0 Å². The van der Waals surface area contributed by atoms with E-state index in [-0.39, 0.29) is 24.4 Å². The number of fused-ring (bicyclic) bond motifs is 1. The molecule has 0 aliphatic carbocycles. The Bertz CT molecular complexity index is 1560. The van der Waals surface area contributed by atoms with Gasteiger partial charge in [0.25, 0.3) is 5.91 Å². The summed E-state index contributed by atoms with van der Waals surface area (Å²) in [5, 5.41) is 15.2. The molecule has 262 valence electrons. The molecule has 0 aromatic heterocycles. The Kier molecular flexibility index (Phi) is 15.6. The number of nitrogens with zero attached hydrogens (tertiary/aromatic N) is 2. The second-order valence-electron chi connectivity index (χ2n) is 10.7. The highest BCUT2D eigenvalue weighted by molar-refractivity contribution is 7.99. The van der Waals surface area contributed by atoms with E-state index < -0.39 is 24.0 Å². The molecule has 2 atom stereocenters. The molecule has 1 amide bonds. The minimum absolute atomic E-state index is 0.186. The van der Waals surface area contributed by atoms with Gasteiger partial charge in [0.15, 0.2) is 6.10 Å². The molecular weight excluding hydrogens is 652 g/mol. The standard InChI is InChI=1S/C32H38N2O6S.C4H4O4/c1-5-39-29(35)22-40-30-31(24-13-15-25(37-3)16-14-24)41-28-12-7-6-11-27(28)34(32(30)36)20-19-33(2)18-17-23-9-8-10-26(21-23)38-4;5-3(6)1-2-4(7)8/h6-16,21,30-31H,5,17-20,22H2,1-4H3;1-2H,(H,5,6)(H,7,8)/b;2-1+/t30-,31+;/m0./s1. The van der Waals surface area contributed by atoms with E-state index in [0.29, 0.717) is 25.2 Å². The number of carbonyl (C=O) groups is 4. The number of benzene rings is 3. The van der Waals surface area contributed by atoms with Crippen LogP contribution in [-0.2, 0) is 35.1 Å². The molecule has 12 nitrogen and oxygen atoms in total. The van der Waals surface area contributed by atoms with Gasteiger partial charge in [-0.25, -0.2) is 14.4 Å². The number of aliphatic carboxylic acids is 2. The molecule has 1 aliphatic rings. The molecule has 0 bridgehead atoms. The summed E-state index contributed by atoms with van der Waals surface area (Å²) in [6, 6.07) is 23.6. The quantitative estimate of drug-likeness (QED) is 0.167. The third-order valence-corrected chi connectivity index (χ3v) is 8.69. The summed E-state index contributed by atoms with van der Waals surface area (Å²) in [6.07, 6.45) is 1.08. The number of ether oxygens (including phenoxy) is 4. The molecule has 0 radical (unpaired) electrons. The van der Waals surface area contributed by atoms with Crippen LogP contribution in [0.2, 0.25) is 0 Å². The number of esters is 1. The second-order valence-corrected chi connectivity index (χ2v) is 11.9. The van der Waals surface area contributed by atoms with Gasteiger partial charge in [0.1, 0.15) is 18.1 Å². The van der Waals surface area contributed by atoms with Gasteiger partial charge in [-0.3, -0.25) is 4.79 Å². The van der Waals surface area contributed by atoms with Crippen LogP contribution in [0.5, 0.6) is 11.5 Å². The lowest BCUT2D eigenvalue weighted by Gasteiger charge is -2.29. The van der Waals surface area contributed by atoms with Crippen molar-refractivity contribution in [1.29, 1.82) is 0 Å². The molecule has 0 spiro atoms. The number of carboxylic acid groups (broad SMARTS) is 2. The number of carbonyl (C=O) groups excluding carboxylic acids is 2. The number of hydrogen-bond donors (Lipinski definition) is 2. The maximum atomic E-state index is 14.2. The highest BCUT2D eigenvalue weighted by Crippen LogP contribution is 2.46. The van der Waals surface area contributed by atoms with E-state index in [1.165, 1.54) is 5.56 Å². The predicted octanol–water partition coefficient (Wildman–Crippen LogP) is 4.72. The van der Waals surface area contributed by atoms with Crippen molar-refractivity contribution in [3.05, 3.63) is 96.1 Å². The first-order chi connectivity index (χ1) is 23.6. The van der Waals surface area contributed by atoms with Crippen LogP contribution in [0.15, 0.2) is 89.8 Å². The smallest absolute Gasteiger partial charge is 0.332 e. The van der Waals surface area contributed by atoms with E-state index in [9.17, 15) is 19.2 Å². The number of methoxy groups -OCH3 is 2. The van der Waals surface area contributed by atoms with Gasteiger partial charge < -0.3 is 39.0 Å². The van der Waals surface area contributed by atoms with Crippen LogP contribution >= 0.6 is 11.8 Å². The maximum absolute atomic E-state index is 14.2. The molecule has 3 aromatic carbocycles. The molecule has 0 unspecified atom stereocenters. The first-order valence-electron chi connectivity index (χ1n) is 15.5. The fraction of sp³-hybridized carbons (Fsp3) is 0.333. The van der Waals surface area contributed by atoms with Crippen molar-refractivity contribution < 1.29 is 48.3 Å². The van der Waals surface area contributed by atoms with Crippen molar-refractivity contribution in [3.63, 3.8) is 0 Å². The fourth-order valence-electron chi connectivity index (χ4n) is 4.84. The summed E-state index contributed by atoms with van der Waals surface area (Å²) in [5.41, 5.74) is 2.94. The molecule has 0 fully saturated rings. The Morgan fingerprint density at radius 1 is 0.898 bits per heavy atom. The van der Waals surface area contributed by atoms with Crippen LogP contribution in [0.3, 0.4) is 0 Å². The van der Waals surface area contributed by atoms with Gasteiger partial charge in [0.2, 0.25) is 0 Å². The lowest BCUT2D eigenvalue weighted by atomic mass is 10.1. The molecule has 1 aliphatic heterocycles. The molecule has 0 saturated heterocycles. The van der Waals surface area contributed by atoms with Gasteiger partial charge in [-0.1, -0.05) is 36.4 Å². The number of anilines is 1. The largest absolute Gasteiger partial charge is 0.497 e. The summed E-state index contributed by atoms with van der Waals surface area (Å²) in [5.74, 6) is -1.63. The van der Waals surface area contributed by atoms with Crippen LogP contribution in [0.4, 0.5) is 5.69 Å². The monoisotopic (exact) mass is 694 g/mol. The Morgan fingerprint density at radius 2 is 1.57 bits per heavy atom. The molecule has 1 heterocycles. The van der Waals surface area contributed by atoms with Gasteiger partial charge in [-0.15, -0.1) is 11.8 Å². The molecule has 0 saturated carbocycles. The fourth-order valence-corrected chi connectivity index (χ4v) is 6.18. The average molecular weight is 695 g/mol. The first-order valence-corrected chi connectivity index (χ1v) is 16.4. The molecule has 2 N–H and O–H groups in total. The van der Waals surface area contributed by atoms with E-state index in [4.69, 9.17) is 29.2 Å². The number of rotatable bonds is 15. The van der Waals surface area contributed by atoms with Crippen molar-refractivity contribution in [1.82, 2.24) is 4.90 Å². The lowest BCUT2D eigenvalue weighted by molar-refractivity contribution is -0.152. The number of amides is 1. The van der Waals surface area contributed by atoms with Crippen molar-refractivity contribution >= 4 is 41.3 Å². The summed E-state index contributed by atoms with van der Waals surface area (Å²) in [7, 11) is 5.34. The maximum Gasteiger partial charge on any atom is 0.332 e. The summed E-state index contributed by atoms with van der Waals surface area (Å²) < 4.78 is 21.8. The van der Waals surface area contributed by atoms with E-state index in [1.54, 1.807) is 37.8 Å². The number of thioether (sulfide) groups is 1. The Labute approximate surface area is 290 Å². The van der Waals surface area contributed by atoms with Crippen LogP contribution in [0.1, 0.15) is 23.3 Å². The molecule has 49 heavy (non-hydrogen) atoms. The summed E-state index contributed by atoms with van der Waals surface area (Å²) in [4.78, 5) is 50.6. The number of para-hydroxylation sites is 1. The van der Waals surface area contributed by atoms with Gasteiger partial charge >= 0.3 is 17.9 Å². The van der Waals surface area contributed by atoms with Crippen LogP contribution < -0.4 is 14.4 Å². The van der Waals surface area contributed by atoms with Gasteiger partial charge in [0, 0.05) is 36.7 Å². The predicted molar refractivity (Wildman–Crippen MR) is 185 cm³/mol. The van der Waals surface area contributed by atoms with Crippen LogP contribution in [0.25, 0.3) is 0 Å². The zero-order valence-corrected chi connectivity index (χ0v) is 28.8. The minimum Gasteiger partial charge on any atom is -0.497 e. The lowest BCUT2D eigenvalue weighted by Crippen LogP contribution is -2.45. The van der Waals surface area contributed by atoms with E-state index in [0.717, 1.165) is 40.6 Å². The highest BCUT2D eigenvalue weighted by Gasteiger charge is 2.39. The van der Waals surface area contributed by atoms with Crippen molar-refractivity contribution in [2.24, 2.45) is 0 Å². The van der Waals surface area contributed by atoms with Crippen LogP contribution in [-0.4, -0.2) is 99.1 Å². The number of likely N-dealkylation sites (N-methyl/N-ethyl adjacent to an activating group) is 1. The van der Waals surface area contributed by atoms with Crippen molar-refractivity contribution in [3.8, 4) is 11.5 Å². The number of carboxylic acids is 2. The first kappa shape index (κ1) is 38.6. The van der Waals surface area contributed by atoms with Gasteiger partial charge in [0.05, 0.1) is 31.8 Å². The Balaban J connectivity index is 0.000000723. The third kappa shape index (κ3) is 12.3. The number of hydrogen-bond acceptors (Lipinski definition) is 10. The zero-order chi connectivity index (χ0) is 35.8. The van der Waals surface area contributed by atoms with Gasteiger partial charge in [-0.05, 0) is 67.9 Å². The van der Waals surface area contributed by atoms with Crippen molar-refractivity contribution in [2.45, 2.75) is 29.6 Å². The molecule has 4 rings (SSSR count). The summed E-state index contributed by atoms with van der Waals surface area (Å²) in [6.45, 7) is 3.64. The third-order valence-electron chi connectivity index (χ3n) is 7.31. The van der Waals surface area contributed by atoms with Crippen LogP contribution in [0, 0.1) is 0 Å². The van der Waals surface area contributed by atoms with E-state index in [1.807, 2.05) is 66.7 Å². The molecular formula is C36H42N2O10S. The average Bonchev–Trinajstić information content (AvgIpc) is 3.22. The zero-order valence-electron chi connectivity index (χ0n) is 27.9. The highest BCUT2D eigenvalue weighted by atomic mass is 32.2. The molecule has 3 aromatic rings. The SMILES string of the molecule is CCOC(=O)CO[C@@H]1C(=O)N(CCN(C)CCc2cccc(OC)c2)c2ccccc2S[C@@H]1c1ccc(OC)cc1.O=C(O)/C=C/C(=O)O. The molecule has 13 heteroatoms. The van der Waals surface area contributed by atoms with E-state index in [2.05, 4.69) is 18.0 Å². The second kappa shape index (κ2) is 19.8. The normalized spacial score (nSPS) is 15.5. The topological polar surface area (TPSA) is 152 Å².